The van der Waals surface area contributed by atoms with Crippen LogP contribution in [0.25, 0.3) is 21.8 Å². The summed E-state index contributed by atoms with van der Waals surface area (Å²) in [6, 6.07) is 15.6. The highest BCUT2D eigenvalue weighted by molar-refractivity contribution is 6.07. The Morgan fingerprint density at radius 1 is 1.00 bits per heavy atom. The van der Waals surface area contributed by atoms with Gasteiger partial charge in [0.2, 0.25) is 0 Å². The summed E-state index contributed by atoms with van der Waals surface area (Å²) in [5.74, 6) is 0. The molecule has 1 heterocycles. The first-order valence-corrected chi connectivity index (χ1v) is 6.14. The Hall–Kier alpha value is -2.49. The molecular formula is C15H13NO3. The molecule has 1 aromatic heterocycles. The number of carbonyl (C=O) groups is 1. The second-order valence-corrected chi connectivity index (χ2v) is 4.10. The number of fused-ring (bicyclic) bond motifs is 3. The molecule has 3 aromatic rings. The minimum atomic E-state index is -0.700. The molecule has 0 radical (unpaired) electrons. The zero-order chi connectivity index (χ0) is 13.2. The molecule has 0 aliphatic carbocycles. The maximum atomic E-state index is 11.5. The van der Waals surface area contributed by atoms with Gasteiger partial charge in [-0.15, -0.1) is 0 Å². The Kier molecular flexibility index (Phi) is 2.83. The number of benzene rings is 2. The standard InChI is InChI=1S/C15H13NO3/c1-2-18-15(17)19-16-13-9-5-3-7-11(13)12-8-4-6-10-14(12)16/h3-10H,2H2,1H3. The van der Waals surface area contributed by atoms with E-state index in [1.165, 1.54) is 4.73 Å². The predicted octanol–water partition coefficient (Wildman–Crippen LogP) is 3.38. The summed E-state index contributed by atoms with van der Waals surface area (Å²) in [4.78, 5) is 16.8. The van der Waals surface area contributed by atoms with Gasteiger partial charge in [-0.05, 0) is 19.1 Å². The van der Waals surface area contributed by atoms with Crippen LogP contribution in [0, 0.1) is 0 Å². The maximum Gasteiger partial charge on any atom is 0.533 e. The van der Waals surface area contributed by atoms with Crippen molar-refractivity contribution >= 4 is 28.0 Å². The van der Waals surface area contributed by atoms with Gasteiger partial charge in [-0.1, -0.05) is 36.4 Å². The van der Waals surface area contributed by atoms with Gasteiger partial charge in [0.25, 0.3) is 0 Å². The maximum absolute atomic E-state index is 11.5. The van der Waals surface area contributed by atoms with Gasteiger partial charge in [0.1, 0.15) is 0 Å². The van der Waals surface area contributed by atoms with Crippen LogP contribution in [0.3, 0.4) is 0 Å². The highest BCUT2D eigenvalue weighted by atomic mass is 16.8. The monoisotopic (exact) mass is 255 g/mol. The van der Waals surface area contributed by atoms with E-state index in [9.17, 15) is 4.79 Å². The van der Waals surface area contributed by atoms with Crippen LogP contribution in [-0.4, -0.2) is 17.5 Å². The lowest BCUT2D eigenvalue weighted by molar-refractivity contribution is 0.0584. The quantitative estimate of drug-likeness (QED) is 0.659. The molecule has 0 atom stereocenters. The molecule has 0 saturated heterocycles. The summed E-state index contributed by atoms with van der Waals surface area (Å²) in [6.07, 6.45) is -0.700. The van der Waals surface area contributed by atoms with E-state index in [1.54, 1.807) is 6.92 Å². The number of hydrogen-bond donors (Lipinski definition) is 0. The molecule has 3 rings (SSSR count). The van der Waals surface area contributed by atoms with Crippen LogP contribution < -0.4 is 4.84 Å². The Morgan fingerprint density at radius 3 is 2.05 bits per heavy atom. The van der Waals surface area contributed by atoms with Crippen LogP contribution in [-0.2, 0) is 4.74 Å². The second-order valence-electron chi connectivity index (χ2n) is 4.10. The summed E-state index contributed by atoms with van der Waals surface area (Å²) in [7, 11) is 0. The van der Waals surface area contributed by atoms with Crippen molar-refractivity contribution in [3.8, 4) is 0 Å². The lowest BCUT2D eigenvalue weighted by atomic mass is 10.2. The van der Waals surface area contributed by atoms with Gasteiger partial charge in [0.15, 0.2) is 0 Å². The average Bonchev–Trinajstić information content (AvgIpc) is 2.75. The summed E-state index contributed by atoms with van der Waals surface area (Å²) in [6.45, 7) is 2.03. The molecule has 0 aliphatic heterocycles. The van der Waals surface area contributed by atoms with Gasteiger partial charge in [0.05, 0.1) is 17.6 Å². The Balaban J connectivity index is 2.22. The summed E-state index contributed by atoms with van der Waals surface area (Å²) in [5, 5.41) is 2.09. The molecule has 2 aromatic carbocycles. The fourth-order valence-electron chi connectivity index (χ4n) is 2.20. The largest absolute Gasteiger partial charge is 0.533 e. The van der Waals surface area contributed by atoms with Crippen LogP contribution >= 0.6 is 0 Å². The second kappa shape index (κ2) is 4.65. The summed E-state index contributed by atoms with van der Waals surface area (Å²) < 4.78 is 6.35. The molecule has 0 N–H and O–H groups in total. The molecule has 0 spiro atoms. The van der Waals surface area contributed by atoms with Gasteiger partial charge in [-0.3, -0.25) is 0 Å². The number of carbonyl (C=O) groups excluding carboxylic acids is 1. The van der Waals surface area contributed by atoms with Crippen LogP contribution in [0.15, 0.2) is 48.5 Å². The summed E-state index contributed by atoms with van der Waals surface area (Å²) in [5.41, 5.74) is 1.69. The highest BCUT2D eigenvalue weighted by Gasteiger charge is 2.13. The van der Waals surface area contributed by atoms with Crippen LogP contribution in [0.2, 0.25) is 0 Å². The first kappa shape index (κ1) is 11.6. The molecule has 19 heavy (non-hydrogen) atoms. The van der Waals surface area contributed by atoms with Gasteiger partial charge >= 0.3 is 6.16 Å². The lowest BCUT2D eigenvalue weighted by Gasteiger charge is -2.06. The average molecular weight is 255 g/mol. The van der Waals surface area contributed by atoms with Crippen LogP contribution in [0.5, 0.6) is 0 Å². The van der Waals surface area contributed by atoms with Crippen molar-refractivity contribution in [1.82, 2.24) is 4.73 Å². The fourth-order valence-corrected chi connectivity index (χ4v) is 2.20. The molecule has 0 aliphatic rings. The van der Waals surface area contributed by atoms with E-state index in [-0.39, 0.29) is 6.61 Å². The Morgan fingerprint density at radius 2 is 1.53 bits per heavy atom. The van der Waals surface area contributed by atoms with Crippen LogP contribution in [0.4, 0.5) is 4.79 Å². The van der Waals surface area contributed by atoms with E-state index >= 15 is 0 Å². The smallest absolute Gasteiger partial charge is 0.433 e. The Bertz CT molecular complexity index is 692. The lowest BCUT2D eigenvalue weighted by Crippen LogP contribution is -2.20. The number of rotatable bonds is 2. The van der Waals surface area contributed by atoms with Crippen molar-refractivity contribution in [2.45, 2.75) is 6.92 Å². The first-order chi connectivity index (χ1) is 9.31. The van der Waals surface area contributed by atoms with Crippen molar-refractivity contribution in [2.24, 2.45) is 0 Å². The number of nitrogens with zero attached hydrogens (tertiary/aromatic N) is 1. The van der Waals surface area contributed by atoms with E-state index < -0.39 is 6.16 Å². The zero-order valence-electron chi connectivity index (χ0n) is 10.5. The third-order valence-corrected chi connectivity index (χ3v) is 2.96. The molecule has 0 amide bonds. The van der Waals surface area contributed by atoms with Gasteiger partial charge in [-0.25, -0.2) is 4.79 Å². The zero-order valence-corrected chi connectivity index (χ0v) is 10.5. The molecule has 4 heteroatoms. The molecule has 96 valence electrons. The van der Waals surface area contributed by atoms with Crippen molar-refractivity contribution in [2.75, 3.05) is 6.61 Å². The van der Waals surface area contributed by atoms with E-state index in [1.807, 2.05) is 48.5 Å². The van der Waals surface area contributed by atoms with Crippen molar-refractivity contribution in [3.05, 3.63) is 48.5 Å². The van der Waals surface area contributed by atoms with Crippen molar-refractivity contribution in [1.29, 1.82) is 0 Å². The number of aromatic nitrogens is 1. The molecule has 0 saturated carbocycles. The predicted molar refractivity (Wildman–Crippen MR) is 73.0 cm³/mol. The van der Waals surface area contributed by atoms with Gasteiger partial charge < -0.3 is 9.57 Å². The van der Waals surface area contributed by atoms with E-state index in [2.05, 4.69) is 0 Å². The first-order valence-electron chi connectivity index (χ1n) is 6.14. The third kappa shape index (κ3) is 1.91. The minimum Gasteiger partial charge on any atom is -0.433 e. The number of hydrogen-bond acceptors (Lipinski definition) is 3. The number of para-hydroxylation sites is 2. The fraction of sp³-hybridized carbons (Fsp3) is 0.133. The molecule has 0 bridgehead atoms. The van der Waals surface area contributed by atoms with Crippen LogP contribution in [0.1, 0.15) is 6.92 Å². The SMILES string of the molecule is CCOC(=O)On1c2ccccc2c2ccccc21. The third-order valence-electron chi connectivity index (χ3n) is 2.96. The van der Waals surface area contributed by atoms with Gasteiger partial charge in [0, 0.05) is 10.8 Å². The van der Waals surface area contributed by atoms with Crippen molar-refractivity contribution < 1.29 is 14.4 Å². The van der Waals surface area contributed by atoms with Gasteiger partial charge in [-0.2, -0.15) is 4.73 Å². The van der Waals surface area contributed by atoms with E-state index in [0.29, 0.717) is 0 Å². The number of ether oxygens (including phenoxy) is 1. The topological polar surface area (TPSA) is 40.5 Å². The Labute approximate surface area is 110 Å². The summed E-state index contributed by atoms with van der Waals surface area (Å²) >= 11 is 0. The van der Waals surface area contributed by atoms with Crippen molar-refractivity contribution in [3.63, 3.8) is 0 Å². The molecule has 0 fully saturated rings. The highest BCUT2D eigenvalue weighted by Crippen LogP contribution is 2.27. The van der Waals surface area contributed by atoms with E-state index in [4.69, 9.17) is 9.57 Å². The molecule has 4 nitrogen and oxygen atoms in total. The molecule has 0 unspecified atom stereocenters. The normalized spacial score (nSPS) is 10.8. The minimum absolute atomic E-state index is 0.288. The van der Waals surface area contributed by atoms with E-state index in [0.717, 1.165) is 21.8 Å². The molecular weight excluding hydrogens is 242 g/mol.